The second-order valence-electron chi connectivity index (χ2n) is 6.01. The normalized spacial score (nSPS) is 21.2. The van der Waals surface area contributed by atoms with Crippen LogP contribution in [-0.2, 0) is 10.0 Å². The van der Waals surface area contributed by atoms with E-state index in [2.05, 4.69) is 34.7 Å². The third kappa shape index (κ3) is 5.21. The van der Waals surface area contributed by atoms with Crippen molar-refractivity contribution >= 4 is 16.0 Å². The lowest BCUT2D eigenvalue weighted by Crippen LogP contribution is -2.41. The van der Waals surface area contributed by atoms with E-state index < -0.39 is 10.0 Å². The molecule has 2 N–H and O–H groups in total. The molecule has 0 bridgehead atoms. The smallest absolute Gasteiger partial charge is 0.211 e. The van der Waals surface area contributed by atoms with Crippen molar-refractivity contribution in [1.29, 1.82) is 0 Å². The Morgan fingerprint density at radius 3 is 2.65 bits per heavy atom. The molecule has 0 amide bonds. The van der Waals surface area contributed by atoms with E-state index in [9.17, 15) is 8.42 Å². The summed E-state index contributed by atoms with van der Waals surface area (Å²) in [6.45, 7) is 3.99. The molecule has 1 aromatic carbocycles. The minimum atomic E-state index is -3.07. The van der Waals surface area contributed by atoms with Crippen LogP contribution in [0.2, 0.25) is 0 Å². The van der Waals surface area contributed by atoms with E-state index in [1.807, 2.05) is 18.2 Å². The lowest BCUT2D eigenvalue weighted by Gasteiger charge is -2.20. The van der Waals surface area contributed by atoms with Gasteiger partial charge in [-0.05, 0) is 24.8 Å². The molecule has 0 aliphatic carbocycles. The Morgan fingerprint density at radius 2 is 2.09 bits per heavy atom. The van der Waals surface area contributed by atoms with Crippen LogP contribution in [0.1, 0.15) is 24.9 Å². The van der Waals surface area contributed by atoms with Crippen LogP contribution in [0.15, 0.2) is 35.3 Å². The average molecular weight is 338 g/mol. The fourth-order valence-electron chi connectivity index (χ4n) is 2.73. The summed E-state index contributed by atoms with van der Waals surface area (Å²) >= 11 is 0. The molecule has 0 saturated carbocycles. The molecule has 6 nitrogen and oxygen atoms in total. The highest BCUT2D eigenvalue weighted by molar-refractivity contribution is 7.88. The zero-order valence-corrected chi connectivity index (χ0v) is 14.8. The van der Waals surface area contributed by atoms with E-state index in [0.29, 0.717) is 25.6 Å². The summed E-state index contributed by atoms with van der Waals surface area (Å²) < 4.78 is 24.6. The first-order chi connectivity index (χ1) is 10.9. The van der Waals surface area contributed by atoms with Crippen molar-refractivity contribution in [2.24, 2.45) is 10.9 Å². The molecule has 1 fully saturated rings. The largest absolute Gasteiger partial charge is 0.356 e. The quantitative estimate of drug-likeness (QED) is 0.625. The summed E-state index contributed by atoms with van der Waals surface area (Å²) in [4.78, 5) is 4.24. The number of nitrogens with zero attached hydrogens (tertiary/aromatic N) is 2. The highest BCUT2D eigenvalue weighted by Crippen LogP contribution is 2.18. The third-order valence-electron chi connectivity index (χ3n) is 4.15. The zero-order chi connectivity index (χ0) is 16.9. The van der Waals surface area contributed by atoms with Crippen LogP contribution in [0.3, 0.4) is 0 Å². The number of nitrogens with one attached hydrogen (secondary N) is 2. The number of rotatable bonds is 5. The van der Waals surface area contributed by atoms with Gasteiger partial charge in [0.25, 0.3) is 0 Å². The van der Waals surface area contributed by atoms with Crippen molar-refractivity contribution in [2.75, 3.05) is 32.9 Å². The van der Waals surface area contributed by atoms with Gasteiger partial charge in [-0.1, -0.05) is 30.3 Å². The molecule has 0 spiro atoms. The molecule has 2 rings (SSSR count). The summed E-state index contributed by atoms with van der Waals surface area (Å²) in [5, 5.41) is 6.66. The third-order valence-corrected chi connectivity index (χ3v) is 5.42. The van der Waals surface area contributed by atoms with Crippen LogP contribution in [0, 0.1) is 5.92 Å². The van der Waals surface area contributed by atoms with Crippen LogP contribution < -0.4 is 10.6 Å². The molecule has 1 aliphatic rings. The Morgan fingerprint density at radius 1 is 1.39 bits per heavy atom. The van der Waals surface area contributed by atoms with Crippen LogP contribution in [-0.4, -0.2) is 51.6 Å². The topological polar surface area (TPSA) is 73.8 Å². The Labute approximate surface area is 139 Å². The Hall–Kier alpha value is -1.60. The summed E-state index contributed by atoms with van der Waals surface area (Å²) in [6.07, 6.45) is 2.15. The number of benzene rings is 1. The molecule has 1 saturated heterocycles. The molecule has 1 heterocycles. The van der Waals surface area contributed by atoms with Crippen molar-refractivity contribution in [3.8, 4) is 0 Å². The van der Waals surface area contributed by atoms with Crippen molar-refractivity contribution in [2.45, 2.75) is 19.4 Å². The molecular formula is C16H26N4O2S. The molecule has 7 heteroatoms. The zero-order valence-electron chi connectivity index (χ0n) is 14.0. The SMILES string of the molecule is CN=C(NCC1CCN(S(C)(=O)=O)C1)NC(C)c1ccccc1. The van der Waals surface area contributed by atoms with E-state index in [4.69, 9.17) is 0 Å². The molecular weight excluding hydrogens is 312 g/mol. The van der Waals surface area contributed by atoms with E-state index in [0.717, 1.165) is 12.4 Å². The fourth-order valence-corrected chi connectivity index (χ4v) is 3.65. The van der Waals surface area contributed by atoms with Gasteiger partial charge in [0.2, 0.25) is 10.0 Å². The molecule has 2 unspecified atom stereocenters. The van der Waals surface area contributed by atoms with Crippen LogP contribution in [0.25, 0.3) is 0 Å². The predicted octanol–water partition coefficient (Wildman–Crippen LogP) is 1.19. The molecule has 2 atom stereocenters. The van der Waals surface area contributed by atoms with Crippen molar-refractivity contribution in [1.82, 2.24) is 14.9 Å². The number of hydrogen-bond donors (Lipinski definition) is 2. The molecule has 0 aromatic heterocycles. The second-order valence-corrected chi connectivity index (χ2v) is 7.99. The maximum Gasteiger partial charge on any atom is 0.211 e. The van der Waals surface area contributed by atoms with Gasteiger partial charge >= 0.3 is 0 Å². The van der Waals surface area contributed by atoms with Gasteiger partial charge in [-0.3, -0.25) is 4.99 Å². The number of hydrogen-bond acceptors (Lipinski definition) is 3. The fraction of sp³-hybridized carbons (Fsp3) is 0.562. The number of sulfonamides is 1. The lowest BCUT2D eigenvalue weighted by molar-refractivity contribution is 0.458. The van der Waals surface area contributed by atoms with E-state index in [1.165, 1.54) is 11.8 Å². The van der Waals surface area contributed by atoms with E-state index in [1.54, 1.807) is 11.4 Å². The maximum atomic E-state index is 11.5. The van der Waals surface area contributed by atoms with Gasteiger partial charge in [0, 0.05) is 26.7 Å². The van der Waals surface area contributed by atoms with Crippen molar-refractivity contribution < 1.29 is 8.42 Å². The van der Waals surface area contributed by atoms with E-state index in [-0.39, 0.29) is 6.04 Å². The Bertz CT molecular complexity index is 631. The first kappa shape index (κ1) is 17.7. The van der Waals surface area contributed by atoms with Gasteiger partial charge < -0.3 is 10.6 Å². The minimum Gasteiger partial charge on any atom is -0.356 e. The Kier molecular flexibility index (Phi) is 6.01. The van der Waals surface area contributed by atoms with E-state index >= 15 is 0 Å². The van der Waals surface area contributed by atoms with Crippen molar-refractivity contribution in [3.63, 3.8) is 0 Å². The van der Waals surface area contributed by atoms with Crippen LogP contribution >= 0.6 is 0 Å². The number of aliphatic imine (C=N–C) groups is 1. The van der Waals surface area contributed by atoms with Crippen LogP contribution in [0.4, 0.5) is 0 Å². The Balaban J connectivity index is 1.82. The molecule has 1 aliphatic heterocycles. The van der Waals surface area contributed by atoms with Gasteiger partial charge in [0.05, 0.1) is 12.3 Å². The minimum absolute atomic E-state index is 0.151. The van der Waals surface area contributed by atoms with Gasteiger partial charge in [-0.15, -0.1) is 0 Å². The first-order valence-electron chi connectivity index (χ1n) is 7.87. The van der Waals surface area contributed by atoms with Gasteiger partial charge in [0.15, 0.2) is 5.96 Å². The molecule has 0 radical (unpaired) electrons. The standard InChI is InChI=1S/C16H26N4O2S/c1-13(15-7-5-4-6-8-15)19-16(17-2)18-11-14-9-10-20(12-14)23(3,21)22/h4-8,13-14H,9-12H2,1-3H3,(H2,17,18,19). The summed E-state index contributed by atoms with van der Waals surface area (Å²) in [5.41, 5.74) is 1.19. The monoisotopic (exact) mass is 338 g/mol. The lowest BCUT2D eigenvalue weighted by atomic mass is 10.1. The summed E-state index contributed by atoms with van der Waals surface area (Å²) in [5.74, 6) is 1.05. The second kappa shape index (κ2) is 7.79. The van der Waals surface area contributed by atoms with Crippen molar-refractivity contribution in [3.05, 3.63) is 35.9 Å². The molecule has 1 aromatic rings. The summed E-state index contributed by atoms with van der Waals surface area (Å²) in [6, 6.07) is 10.3. The molecule has 128 valence electrons. The highest BCUT2D eigenvalue weighted by Gasteiger charge is 2.28. The molecule has 23 heavy (non-hydrogen) atoms. The van der Waals surface area contributed by atoms with Crippen LogP contribution in [0.5, 0.6) is 0 Å². The van der Waals surface area contributed by atoms with Gasteiger partial charge in [-0.2, -0.15) is 0 Å². The first-order valence-corrected chi connectivity index (χ1v) is 9.72. The maximum absolute atomic E-state index is 11.5. The van der Waals surface area contributed by atoms with Gasteiger partial charge in [0.1, 0.15) is 0 Å². The number of guanidine groups is 1. The highest BCUT2D eigenvalue weighted by atomic mass is 32.2. The van der Waals surface area contributed by atoms with Gasteiger partial charge in [-0.25, -0.2) is 12.7 Å². The average Bonchev–Trinajstić information content (AvgIpc) is 3.01. The summed E-state index contributed by atoms with van der Waals surface area (Å²) in [7, 11) is -1.33. The predicted molar refractivity (Wildman–Crippen MR) is 93.9 cm³/mol.